The summed E-state index contributed by atoms with van der Waals surface area (Å²) < 4.78 is 0. The molecule has 0 radical (unpaired) electrons. The zero-order chi connectivity index (χ0) is 11.1. The maximum absolute atomic E-state index is 11.2. The van der Waals surface area contributed by atoms with Crippen LogP contribution in [0.1, 0.15) is 33.1 Å². The molecule has 3 heteroatoms. The Bertz CT molecular complexity index is 254. The summed E-state index contributed by atoms with van der Waals surface area (Å²) in [4.78, 5) is 11.2. The molecule has 1 saturated heterocycles. The Labute approximate surface area is 91.2 Å². The first-order chi connectivity index (χ1) is 7.03. The maximum atomic E-state index is 11.2. The Morgan fingerprint density at radius 1 is 1.33 bits per heavy atom. The van der Waals surface area contributed by atoms with Crippen molar-refractivity contribution in [3.05, 3.63) is 0 Å². The molecule has 1 aliphatic carbocycles. The average Bonchev–Trinajstić information content (AvgIpc) is 2.45. The molecule has 0 aromatic heterocycles. The fourth-order valence-electron chi connectivity index (χ4n) is 3.91. The van der Waals surface area contributed by atoms with Crippen LogP contribution in [0.5, 0.6) is 0 Å². The number of nitrogens with one attached hydrogen (secondary N) is 1. The van der Waals surface area contributed by atoms with Crippen molar-refractivity contribution in [3.8, 4) is 0 Å². The topological polar surface area (TPSA) is 49.3 Å². The van der Waals surface area contributed by atoms with Gasteiger partial charge in [-0.1, -0.05) is 13.8 Å². The molecule has 0 aromatic carbocycles. The molecule has 0 bridgehead atoms. The maximum Gasteiger partial charge on any atom is 0.308 e. The summed E-state index contributed by atoms with van der Waals surface area (Å²) in [6.45, 7) is 6.08. The van der Waals surface area contributed by atoms with Gasteiger partial charge in [0.2, 0.25) is 0 Å². The van der Waals surface area contributed by atoms with Crippen molar-refractivity contribution in [2.24, 2.45) is 23.2 Å². The van der Waals surface area contributed by atoms with Crippen molar-refractivity contribution in [3.63, 3.8) is 0 Å². The monoisotopic (exact) mass is 211 g/mol. The largest absolute Gasteiger partial charge is 0.481 e. The van der Waals surface area contributed by atoms with E-state index in [0.717, 1.165) is 19.4 Å². The molecule has 1 heterocycles. The summed E-state index contributed by atoms with van der Waals surface area (Å²) in [6, 6.07) is 0. The molecule has 86 valence electrons. The molecule has 0 amide bonds. The van der Waals surface area contributed by atoms with E-state index in [2.05, 4.69) is 19.2 Å². The lowest BCUT2D eigenvalue weighted by Crippen LogP contribution is -2.41. The number of hydrogen-bond donors (Lipinski definition) is 2. The van der Waals surface area contributed by atoms with Crippen LogP contribution in [-0.4, -0.2) is 24.2 Å². The molecular weight excluding hydrogens is 190 g/mol. The highest BCUT2D eigenvalue weighted by Gasteiger charge is 2.49. The average molecular weight is 211 g/mol. The second-order valence-corrected chi connectivity index (χ2v) is 5.74. The third-order valence-corrected chi connectivity index (χ3v) is 4.18. The zero-order valence-electron chi connectivity index (χ0n) is 9.62. The number of carboxylic acids is 1. The van der Waals surface area contributed by atoms with E-state index >= 15 is 0 Å². The van der Waals surface area contributed by atoms with E-state index in [4.69, 9.17) is 0 Å². The van der Waals surface area contributed by atoms with Gasteiger partial charge in [-0.15, -0.1) is 0 Å². The molecule has 3 atom stereocenters. The van der Waals surface area contributed by atoms with Crippen molar-refractivity contribution in [2.75, 3.05) is 13.1 Å². The lowest BCUT2D eigenvalue weighted by Gasteiger charge is -2.42. The fraction of sp³-hybridized carbons (Fsp3) is 0.917. The molecule has 15 heavy (non-hydrogen) atoms. The van der Waals surface area contributed by atoms with Crippen LogP contribution in [0.2, 0.25) is 0 Å². The normalized spacial score (nSPS) is 45.9. The summed E-state index contributed by atoms with van der Waals surface area (Å²) in [7, 11) is 0. The molecule has 2 fully saturated rings. The molecular formula is C12H21NO2. The summed E-state index contributed by atoms with van der Waals surface area (Å²) in [5.41, 5.74) is 0.0446. The zero-order valence-corrected chi connectivity index (χ0v) is 9.62. The minimum atomic E-state index is -0.610. The summed E-state index contributed by atoms with van der Waals surface area (Å²) in [5, 5.41) is 12.5. The van der Waals surface area contributed by atoms with Crippen LogP contribution in [0.15, 0.2) is 0 Å². The van der Waals surface area contributed by atoms with E-state index < -0.39 is 5.97 Å². The van der Waals surface area contributed by atoms with Crippen molar-refractivity contribution < 1.29 is 9.90 Å². The van der Waals surface area contributed by atoms with Gasteiger partial charge >= 0.3 is 5.97 Å². The van der Waals surface area contributed by atoms with Gasteiger partial charge in [-0.3, -0.25) is 4.79 Å². The SMILES string of the molecule is CC1CC(C)CC2(CNCC2C(=O)O)C1. The Balaban J connectivity index is 2.19. The van der Waals surface area contributed by atoms with E-state index in [0.29, 0.717) is 18.4 Å². The van der Waals surface area contributed by atoms with E-state index in [1.807, 2.05) is 0 Å². The highest BCUT2D eigenvalue weighted by Crippen LogP contribution is 2.48. The minimum Gasteiger partial charge on any atom is -0.481 e. The Morgan fingerprint density at radius 3 is 2.47 bits per heavy atom. The molecule has 2 aliphatic rings. The third-order valence-electron chi connectivity index (χ3n) is 4.18. The van der Waals surface area contributed by atoms with Gasteiger partial charge in [-0.2, -0.15) is 0 Å². The van der Waals surface area contributed by atoms with Gasteiger partial charge in [-0.25, -0.2) is 0 Å². The van der Waals surface area contributed by atoms with Crippen LogP contribution in [0.25, 0.3) is 0 Å². The number of carboxylic acid groups (broad SMARTS) is 1. The van der Waals surface area contributed by atoms with Crippen LogP contribution in [0.3, 0.4) is 0 Å². The molecule has 3 unspecified atom stereocenters. The van der Waals surface area contributed by atoms with Gasteiger partial charge in [0.1, 0.15) is 0 Å². The molecule has 0 aromatic rings. The molecule has 2 rings (SSSR count). The van der Waals surface area contributed by atoms with E-state index in [9.17, 15) is 9.90 Å². The minimum absolute atomic E-state index is 0.0446. The lowest BCUT2D eigenvalue weighted by molar-refractivity contribution is -0.146. The van der Waals surface area contributed by atoms with Crippen molar-refractivity contribution in [2.45, 2.75) is 33.1 Å². The standard InChI is InChI=1S/C12H21NO2/c1-8-3-9(2)5-12(4-8)7-13-6-10(12)11(14)15/h8-10,13H,3-7H2,1-2H3,(H,14,15). The third kappa shape index (κ3) is 1.89. The quantitative estimate of drug-likeness (QED) is 0.694. The first-order valence-electron chi connectivity index (χ1n) is 5.97. The van der Waals surface area contributed by atoms with E-state index in [-0.39, 0.29) is 11.3 Å². The van der Waals surface area contributed by atoms with Crippen LogP contribution in [0.4, 0.5) is 0 Å². The number of hydrogen-bond acceptors (Lipinski definition) is 2. The van der Waals surface area contributed by atoms with Gasteiger partial charge < -0.3 is 10.4 Å². The fourth-order valence-corrected chi connectivity index (χ4v) is 3.91. The first kappa shape index (κ1) is 10.9. The highest BCUT2D eigenvalue weighted by molar-refractivity contribution is 5.72. The van der Waals surface area contributed by atoms with Crippen LogP contribution in [0, 0.1) is 23.2 Å². The number of rotatable bonds is 1. The van der Waals surface area contributed by atoms with E-state index in [1.165, 1.54) is 6.42 Å². The Morgan fingerprint density at radius 2 is 1.93 bits per heavy atom. The highest BCUT2D eigenvalue weighted by atomic mass is 16.4. The number of aliphatic carboxylic acids is 1. The van der Waals surface area contributed by atoms with Crippen LogP contribution >= 0.6 is 0 Å². The predicted molar refractivity (Wildman–Crippen MR) is 58.6 cm³/mol. The van der Waals surface area contributed by atoms with Gasteiger partial charge in [0, 0.05) is 13.1 Å². The van der Waals surface area contributed by atoms with Crippen molar-refractivity contribution in [1.82, 2.24) is 5.32 Å². The summed E-state index contributed by atoms with van der Waals surface area (Å²) in [6.07, 6.45) is 3.43. The predicted octanol–water partition coefficient (Wildman–Crippen LogP) is 1.73. The molecule has 3 nitrogen and oxygen atoms in total. The summed E-state index contributed by atoms with van der Waals surface area (Å²) in [5.74, 6) is 0.579. The molecule has 1 saturated carbocycles. The van der Waals surface area contributed by atoms with Crippen molar-refractivity contribution in [1.29, 1.82) is 0 Å². The van der Waals surface area contributed by atoms with Crippen LogP contribution < -0.4 is 5.32 Å². The van der Waals surface area contributed by atoms with E-state index in [1.54, 1.807) is 0 Å². The van der Waals surface area contributed by atoms with Gasteiger partial charge in [-0.05, 0) is 36.5 Å². The van der Waals surface area contributed by atoms with Crippen LogP contribution in [-0.2, 0) is 4.79 Å². The van der Waals surface area contributed by atoms with Gasteiger partial charge in [0.15, 0.2) is 0 Å². The Kier molecular flexibility index (Phi) is 2.75. The van der Waals surface area contributed by atoms with Gasteiger partial charge in [0.25, 0.3) is 0 Å². The second kappa shape index (κ2) is 3.78. The molecule has 1 aliphatic heterocycles. The second-order valence-electron chi connectivity index (χ2n) is 5.74. The Hall–Kier alpha value is -0.570. The first-order valence-corrected chi connectivity index (χ1v) is 5.97. The van der Waals surface area contributed by atoms with Crippen molar-refractivity contribution >= 4 is 5.97 Å². The molecule has 2 N–H and O–H groups in total. The molecule has 1 spiro atoms. The van der Waals surface area contributed by atoms with Gasteiger partial charge in [0.05, 0.1) is 5.92 Å². The summed E-state index contributed by atoms with van der Waals surface area (Å²) >= 11 is 0. The number of carbonyl (C=O) groups is 1. The smallest absolute Gasteiger partial charge is 0.308 e. The lowest BCUT2D eigenvalue weighted by atomic mass is 9.62.